The molecule has 10 atom stereocenters. The molecule has 8 aromatic rings. The normalized spacial score (nSPS) is 21.3. The van der Waals surface area contributed by atoms with Crippen molar-refractivity contribution < 1.29 is 90.5 Å². The van der Waals surface area contributed by atoms with Crippen molar-refractivity contribution in [3.8, 4) is 0 Å². The first-order valence-electron chi connectivity index (χ1n) is 27.4. The van der Waals surface area contributed by atoms with E-state index < -0.39 is 122 Å². The van der Waals surface area contributed by atoms with Crippen LogP contribution in [0.4, 0.5) is 0 Å². The zero-order chi connectivity index (χ0) is 60.5. The van der Waals surface area contributed by atoms with Gasteiger partial charge in [0.1, 0.15) is 25.4 Å². The highest BCUT2D eigenvalue weighted by molar-refractivity contribution is 5.93. The fourth-order valence-electron chi connectivity index (χ4n) is 9.41. The van der Waals surface area contributed by atoms with Gasteiger partial charge in [-0.05, 0) is 97.1 Å². The standard InChI is InChI=1S/C68H54O19/c69-59(43-25-9-1-10-26-43)77-41-51-53(81-61(71)45-29-13-3-14-30-45)55(83-63(73)47-33-17-5-18-34-47)57(85-65(75)49-37-21-7-22-38-49)67(79-51)87-68-58(86-66(76)50-39-23-8-24-40-50)56(84-64(74)48-35-19-6-20-36-48)54(82-62(72)46-31-15-4-16-32-46)52(80-68)42-78-60(70)44-27-11-2-12-28-44/h1-40,51-58,67-68H,41-42H2/t51-,52-,53-,54-,55+,56+,57-,58-,67-,68-/m1/s1. The van der Waals surface area contributed by atoms with Crippen molar-refractivity contribution >= 4 is 47.8 Å². The Labute approximate surface area is 498 Å². The van der Waals surface area contributed by atoms with Crippen LogP contribution >= 0.6 is 0 Å². The number of ether oxygens (including phenoxy) is 11. The summed E-state index contributed by atoms with van der Waals surface area (Å²) in [4.78, 5) is 115. The Kier molecular flexibility index (Phi) is 19.7. The van der Waals surface area contributed by atoms with Crippen molar-refractivity contribution in [3.63, 3.8) is 0 Å². The van der Waals surface area contributed by atoms with E-state index in [2.05, 4.69) is 0 Å². The molecule has 2 aliphatic heterocycles. The summed E-state index contributed by atoms with van der Waals surface area (Å²) < 4.78 is 69.6. The zero-order valence-electron chi connectivity index (χ0n) is 46.0. The summed E-state index contributed by atoms with van der Waals surface area (Å²) >= 11 is 0. The number of benzene rings is 8. The maximum Gasteiger partial charge on any atom is 0.338 e. The molecule has 0 radical (unpaired) electrons. The van der Waals surface area contributed by atoms with Crippen LogP contribution in [0, 0.1) is 0 Å². The molecule has 8 aromatic carbocycles. The summed E-state index contributed by atoms with van der Waals surface area (Å²) in [6.07, 6.45) is -19.3. The molecule has 440 valence electrons. The van der Waals surface area contributed by atoms with Gasteiger partial charge < -0.3 is 52.1 Å². The Morgan fingerprint density at radius 2 is 0.425 bits per heavy atom. The van der Waals surface area contributed by atoms with E-state index in [1.165, 1.54) is 97.1 Å². The van der Waals surface area contributed by atoms with Gasteiger partial charge in [0.15, 0.2) is 36.6 Å². The second kappa shape index (κ2) is 28.8. The third kappa shape index (κ3) is 15.2. The van der Waals surface area contributed by atoms with Gasteiger partial charge in [0.2, 0.25) is 12.6 Å². The van der Waals surface area contributed by atoms with Crippen LogP contribution in [0.2, 0.25) is 0 Å². The number of hydrogen-bond acceptors (Lipinski definition) is 19. The van der Waals surface area contributed by atoms with Gasteiger partial charge in [-0.25, -0.2) is 38.4 Å². The van der Waals surface area contributed by atoms with E-state index in [1.54, 1.807) is 146 Å². The Bertz CT molecular complexity index is 3380. The quantitative estimate of drug-likeness (QED) is 0.0510. The predicted octanol–water partition coefficient (Wildman–Crippen LogP) is 9.52. The lowest BCUT2D eigenvalue weighted by Gasteiger charge is -2.48. The minimum Gasteiger partial charge on any atom is -0.459 e. The van der Waals surface area contributed by atoms with Gasteiger partial charge in [-0.3, -0.25) is 0 Å². The topological polar surface area (TPSA) is 238 Å². The Hall–Kier alpha value is -10.6. The highest BCUT2D eigenvalue weighted by Crippen LogP contribution is 2.37. The molecular weight excluding hydrogens is 1120 g/mol. The van der Waals surface area contributed by atoms with Crippen molar-refractivity contribution in [3.05, 3.63) is 287 Å². The number of hydrogen-bond donors (Lipinski definition) is 0. The summed E-state index contributed by atoms with van der Waals surface area (Å²) in [5.41, 5.74) is 0.197. The molecule has 19 nitrogen and oxygen atoms in total. The minimum atomic E-state index is -2.14. The maximum absolute atomic E-state index is 14.6. The van der Waals surface area contributed by atoms with Crippen LogP contribution < -0.4 is 0 Å². The van der Waals surface area contributed by atoms with E-state index in [0.29, 0.717) is 0 Å². The molecule has 2 heterocycles. The van der Waals surface area contributed by atoms with Gasteiger partial charge in [-0.15, -0.1) is 0 Å². The Morgan fingerprint density at radius 1 is 0.241 bits per heavy atom. The van der Waals surface area contributed by atoms with Crippen LogP contribution in [0.1, 0.15) is 82.9 Å². The van der Waals surface area contributed by atoms with Gasteiger partial charge in [0, 0.05) is 0 Å². The number of esters is 8. The molecule has 0 spiro atoms. The largest absolute Gasteiger partial charge is 0.459 e. The monoisotopic (exact) mass is 1170 g/mol. The van der Waals surface area contributed by atoms with E-state index in [9.17, 15) is 38.4 Å². The summed E-state index contributed by atoms with van der Waals surface area (Å²) in [6, 6.07) is 61.7. The first-order valence-corrected chi connectivity index (χ1v) is 27.4. The first-order chi connectivity index (χ1) is 42.5. The third-order valence-corrected chi connectivity index (χ3v) is 13.7. The highest BCUT2D eigenvalue weighted by atomic mass is 16.8. The van der Waals surface area contributed by atoms with Crippen LogP contribution in [0.5, 0.6) is 0 Å². The molecule has 0 N–H and O–H groups in total. The highest BCUT2D eigenvalue weighted by Gasteiger charge is 2.59. The Morgan fingerprint density at radius 3 is 0.644 bits per heavy atom. The van der Waals surface area contributed by atoms with Gasteiger partial charge in [-0.1, -0.05) is 146 Å². The van der Waals surface area contributed by atoms with Crippen LogP contribution in [0.25, 0.3) is 0 Å². The molecule has 0 amide bonds. The molecular formula is C68H54O19. The molecule has 0 aromatic heterocycles. The van der Waals surface area contributed by atoms with Crippen LogP contribution in [0.15, 0.2) is 243 Å². The van der Waals surface area contributed by atoms with E-state index in [4.69, 9.17) is 52.1 Å². The summed E-state index contributed by atoms with van der Waals surface area (Å²) in [7, 11) is 0. The first kappa shape index (κ1) is 59.6. The van der Waals surface area contributed by atoms with E-state index in [-0.39, 0.29) is 44.5 Å². The molecule has 0 saturated carbocycles. The second-order valence-electron chi connectivity index (χ2n) is 19.6. The van der Waals surface area contributed by atoms with Crippen LogP contribution in [0.3, 0.4) is 0 Å². The second-order valence-corrected chi connectivity index (χ2v) is 19.6. The van der Waals surface area contributed by atoms with Gasteiger partial charge >= 0.3 is 47.8 Å². The lowest BCUT2D eigenvalue weighted by Crippen LogP contribution is -2.67. The molecule has 2 saturated heterocycles. The lowest BCUT2D eigenvalue weighted by molar-refractivity contribution is -0.373. The van der Waals surface area contributed by atoms with Crippen LogP contribution in [-0.2, 0) is 52.1 Å². The summed E-state index contributed by atoms with van der Waals surface area (Å²) in [5.74, 6) is -7.84. The molecule has 2 aliphatic rings. The number of rotatable bonds is 20. The van der Waals surface area contributed by atoms with Gasteiger partial charge in [-0.2, -0.15) is 0 Å². The number of carbonyl (C=O) groups excluding carboxylic acids is 8. The SMILES string of the molecule is O=C(OC[C@H]1O[C@H](O[C@H]2O[C@H](COC(=O)c3ccccc3)[C@@H](OC(=O)c3ccccc3)[C@H](OC(=O)c3ccccc3)[C@H]2OC(=O)c2ccccc2)[C@H](OC(=O)c2ccccc2)[C@@H](OC(=O)c2ccccc2)[C@@H]1OC(=O)c1ccccc1)c1ccccc1. The fraction of sp³-hybridized carbons (Fsp3) is 0.176. The van der Waals surface area contributed by atoms with Crippen molar-refractivity contribution in [2.24, 2.45) is 0 Å². The molecule has 10 rings (SSSR count). The Balaban J connectivity index is 1.13. The van der Waals surface area contributed by atoms with E-state index in [1.807, 2.05) is 0 Å². The molecule has 87 heavy (non-hydrogen) atoms. The van der Waals surface area contributed by atoms with Crippen LogP contribution in [-0.4, -0.2) is 122 Å². The number of carbonyl (C=O) groups is 8. The third-order valence-electron chi connectivity index (χ3n) is 13.7. The fourth-order valence-corrected chi connectivity index (χ4v) is 9.41. The smallest absolute Gasteiger partial charge is 0.338 e. The average Bonchev–Trinajstić information content (AvgIpc) is 1.98. The molecule has 0 bridgehead atoms. The van der Waals surface area contributed by atoms with Gasteiger partial charge in [0.25, 0.3) is 0 Å². The molecule has 0 aliphatic carbocycles. The predicted molar refractivity (Wildman–Crippen MR) is 306 cm³/mol. The lowest BCUT2D eigenvalue weighted by atomic mass is 9.96. The van der Waals surface area contributed by atoms with Crippen molar-refractivity contribution in [1.29, 1.82) is 0 Å². The molecule has 0 unspecified atom stereocenters. The van der Waals surface area contributed by atoms with E-state index in [0.717, 1.165) is 0 Å². The minimum absolute atomic E-state index is 0.00894. The van der Waals surface area contributed by atoms with Crippen molar-refractivity contribution in [1.82, 2.24) is 0 Å². The van der Waals surface area contributed by atoms with E-state index >= 15 is 0 Å². The average molecular weight is 1180 g/mol. The van der Waals surface area contributed by atoms with Crippen molar-refractivity contribution in [2.75, 3.05) is 13.2 Å². The summed E-state index contributed by atoms with van der Waals surface area (Å²) in [5, 5.41) is 0. The zero-order valence-corrected chi connectivity index (χ0v) is 46.0. The maximum atomic E-state index is 14.6. The van der Waals surface area contributed by atoms with Crippen molar-refractivity contribution in [2.45, 2.75) is 61.4 Å². The molecule has 19 heteroatoms. The molecule has 2 fully saturated rings. The summed E-state index contributed by atoms with van der Waals surface area (Å²) in [6.45, 7) is -1.55. The van der Waals surface area contributed by atoms with Gasteiger partial charge in [0.05, 0.1) is 44.5 Å².